The number of amides is 1. The van der Waals surface area contributed by atoms with E-state index in [1.807, 2.05) is 0 Å². The SMILES string of the molecule is COc1cc(C(=O)OCC(=O)Nc2cc(Cl)ccc2-n2cncn2)cc2c1OCCO2. The first-order valence-corrected chi connectivity index (χ1v) is 9.52. The second-order valence-electron chi connectivity index (χ2n) is 6.33. The van der Waals surface area contributed by atoms with Crippen LogP contribution in [0.5, 0.6) is 17.2 Å². The summed E-state index contributed by atoms with van der Waals surface area (Å²) in [5.41, 5.74) is 1.11. The summed E-state index contributed by atoms with van der Waals surface area (Å²) < 4.78 is 22.9. The number of benzene rings is 2. The Labute approximate surface area is 181 Å². The minimum absolute atomic E-state index is 0.167. The number of hydrogen-bond donors (Lipinski definition) is 1. The molecule has 1 aliphatic rings. The van der Waals surface area contributed by atoms with Crippen molar-refractivity contribution in [3.8, 4) is 22.9 Å². The molecular weight excluding hydrogens is 428 g/mol. The summed E-state index contributed by atoms with van der Waals surface area (Å²) in [6.07, 6.45) is 2.85. The summed E-state index contributed by atoms with van der Waals surface area (Å²) in [7, 11) is 1.45. The van der Waals surface area contributed by atoms with Gasteiger partial charge in [-0.25, -0.2) is 14.5 Å². The molecule has 0 radical (unpaired) electrons. The zero-order valence-electron chi connectivity index (χ0n) is 16.3. The molecule has 0 bridgehead atoms. The van der Waals surface area contributed by atoms with Gasteiger partial charge in [0.05, 0.1) is 24.0 Å². The minimum Gasteiger partial charge on any atom is -0.493 e. The Morgan fingerprint density at radius 1 is 1.23 bits per heavy atom. The molecular formula is C20H17ClN4O6. The molecule has 1 aliphatic heterocycles. The highest BCUT2D eigenvalue weighted by Gasteiger charge is 2.22. The number of rotatable bonds is 6. The second kappa shape index (κ2) is 8.92. The first-order chi connectivity index (χ1) is 15.0. The number of esters is 1. The quantitative estimate of drug-likeness (QED) is 0.577. The highest BCUT2D eigenvalue weighted by molar-refractivity contribution is 6.31. The van der Waals surface area contributed by atoms with Gasteiger partial charge in [-0.15, -0.1) is 0 Å². The van der Waals surface area contributed by atoms with Crippen LogP contribution in [0.15, 0.2) is 43.0 Å². The van der Waals surface area contributed by atoms with E-state index in [1.54, 1.807) is 18.2 Å². The van der Waals surface area contributed by atoms with Crippen LogP contribution in [0.4, 0.5) is 5.69 Å². The van der Waals surface area contributed by atoms with Gasteiger partial charge in [0.15, 0.2) is 18.1 Å². The lowest BCUT2D eigenvalue weighted by Crippen LogP contribution is -2.22. The molecule has 0 unspecified atom stereocenters. The van der Waals surface area contributed by atoms with E-state index in [0.29, 0.717) is 46.9 Å². The van der Waals surface area contributed by atoms with Crippen molar-refractivity contribution >= 4 is 29.2 Å². The van der Waals surface area contributed by atoms with Gasteiger partial charge < -0.3 is 24.3 Å². The average molecular weight is 445 g/mol. The Hall–Kier alpha value is -3.79. The van der Waals surface area contributed by atoms with Crippen LogP contribution in [0.1, 0.15) is 10.4 Å². The number of hydrogen-bond acceptors (Lipinski definition) is 8. The monoisotopic (exact) mass is 444 g/mol. The number of ether oxygens (including phenoxy) is 4. The Balaban J connectivity index is 1.44. The van der Waals surface area contributed by atoms with Crippen molar-refractivity contribution in [2.45, 2.75) is 0 Å². The first-order valence-electron chi connectivity index (χ1n) is 9.14. The molecule has 0 aliphatic carbocycles. The van der Waals surface area contributed by atoms with Crippen LogP contribution in [0.2, 0.25) is 5.02 Å². The topological polar surface area (TPSA) is 114 Å². The van der Waals surface area contributed by atoms with E-state index in [-0.39, 0.29) is 5.56 Å². The van der Waals surface area contributed by atoms with Crippen molar-refractivity contribution in [3.63, 3.8) is 0 Å². The van der Waals surface area contributed by atoms with E-state index in [1.165, 1.54) is 36.6 Å². The van der Waals surface area contributed by atoms with E-state index < -0.39 is 18.5 Å². The third-order valence-corrected chi connectivity index (χ3v) is 4.53. The van der Waals surface area contributed by atoms with E-state index in [0.717, 1.165) is 0 Å². The van der Waals surface area contributed by atoms with Crippen LogP contribution in [0.25, 0.3) is 5.69 Å². The zero-order valence-corrected chi connectivity index (χ0v) is 17.1. The summed E-state index contributed by atoms with van der Waals surface area (Å²) >= 11 is 6.04. The summed E-state index contributed by atoms with van der Waals surface area (Å²) in [5.74, 6) is -0.137. The van der Waals surface area contributed by atoms with Gasteiger partial charge in [-0.3, -0.25) is 4.79 Å². The standard InChI is InChI=1S/C20H17ClN4O6/c1-28-16-6-12(7-17-19(16)30-5-4-29-17)20(27)31-9-18(26)24-14-8-13(21)2-3-15(14)25-11-22-10-23-25/h2-3,6-8,10-11H,4-5,9H2,1H3,(H,24,26). The lowest BCUT2D eigenvalue weighted by atomic mass is 10.1. The first kappa shape index (κ1) is 20.5. The van der Waals surface area contributed by atoms with Crippen molar-refractivity contribution in [2.75, 3.05) is 32.2 Å². The van der Waals surface area contributed by atoms with E-state index >= 15 is 0 Å². The molecule has 1 aromatic heterocycles. The molecule has 0 atom stereocenters. The molecule has 4 rings (SSSR count). The third-order valence-electron chi connectivity index (χ3n) is 4.30. The molecule has 2 heterocycles. The van der Waals surface area contributed by atoms with E-state index in [4.69, 9.17) is 30.5 Å². The van der Waals surface area contributed by atoms with Crippen LogP contribution in [0.3, 0.4) is 0 Å². The fourth-order valence-electron chi connectivity index (χ4n) is 2.93. The molecule has 1 amide bonds. The molecule has 160 valence electrons. The number of carbonyl (C=O) groups excluding carboxylic acids is 2. The number of nitrogens with one attached hydrogen (secondary N) is 1. The number of nitrogens with zero attached hydrogens (tertiary/aromatic N) is 3. The van der Waals surface area contributed by atoms with Crippen LogP contribution >= 0.6 is 11.6 Å². The molecule has 1 N–H and O–H groups in total. The highest BCUT2D eigenvalue weighted by atomic mass is 35.5. The van der Waals surface area contributed by atoms with Crippen LogP contribution in [-0.4, -0.2) is 53.6 Å². The van der Waals surface area contributed by atoms with E-state index in [9.17, 15) is 9.59 Å². The third kappa shape index (κ3) is 4.53. The van der Waals surface area contributed by atoms with Gasteiger partial charge >= 0.3 is 5.97 Å². The van der Waals surface area contributed by atoms with E-state index in [2.05, 4.69) is 15.4 Å². The Morgan fingerprint density at radius 3 is 2.84 bits per heavy atom. The van der Waals surface area contributed by atoms with Gasteiger partial charge in [-0.2, -0.15) is 5.10 Å². The van der Waals surface area contributed by atoms with Crippen molar-refractivity contribution < 1.29 is 28.5 Å². The molecule has 0 fully saturated rings. The van der Waals surface area contributed by atoms with Crippen molar-refractivity contribution in [2.24, 2.45) is 0 Å². The van der Waals surface area contributed by atoms with Crippen molar-refractivity contribution in [3.05, 3.63) is 53.6 Å². The largest absolute Gasteiger partial charge is 0.493 e. The number of carbonyl (C=O) groups is 2. The Kier molecular flexibility index (Phi) is 5.89. The smallest absolute Gasteiger partial charge is 0.338 e. The summed E-state index contributed by atoms with van der Waals surface area (Å²) in [6, 6.07) is 7.85. The predicted molar refractivity (Wildman–Crippen MR) is 109 cm³/mol. The predicted octanol–water partition coefficient (Wildman–Crippen LogP) is 2.50. The number of fused-ring (bicyclic) bond motifs is 1. The summed E-state index contributed by atoms with van der Waals surface area (Å²) in [5, 5.41) is 7.12. The molecule has 11 heteroatoms. The van der Waals surface area contributed by atoms with Crippen LogP contribution < -0.4 is 19.5 Å². The Morgan fingerprint density at radius 2 is 2.06 bits per heavy atom. The molecule has 3 aromatic rings. The van der Waals surface area contributed by atoms with Gasteiger partial charge in [0.1, 0.15) is 25.9 Å². The minimum atomic E-state index is -0.715. The van der Waals surface area contributed by atoms with Gasteiger partial charge in [-0.1, -0.05) is 11.6 Å². The van der Waals surface area contributed by atoms with Crippen molar-refractivity contribution in [1.29, 1.82) is 0 Å². The second-order valence-corrected chi connectivity index (χ2v) is 6.76. The van der Waals surface area contributed by atoms with Gasteiger partial charge in [-0.05, 0) is 30.3 Å². The number of halogens is 1. The van der Waals surface area contributed by atoms with Crippen molar-refractivity contribution in [1.82, 2.24) is 14.8 Å². The molecule has 0 spiro atoms. The molecule has 10 nitrogen and oxygen atoms in total. The highest BCUT2D eigenvalue weighted by Crippen LogP contribution is 2.40. The molecule has 0 saturated heterocycles. The zero-order chi connectivity index (χ0) is 21.8. The van der Waals surface area contributed by atoms with Gasteiger partial charge in [0.2, 0.25) is 5.75 Å². The maximum atomic E-state index is 12.5. The summed E-state index contributed by atoms with van der Waals surface area (Å²) in [4.78, 5) is 28.7. The lowest BCUT2D eigenvalue weighted by molar-refractivity contribution is -0.119. The summed E-state index contributed by atoms with van der Waals surface area (Å²) in [6.45, 7) is 0.219. The van der Waals surface area contributed by atoms with Gasteiger partial charge in [0.25, 0.3) is 5.91 Å². The fraction of sp³-hybridized carbons (Fsp3) is 0.200. The molecule has 2 aromatic carbocycles. The van der Waals surface area contributed by atoms with Crippen LogP contribution in [-0.2, 0) is 9.53 Å². The number of anilines is 1. The maximum Gasteiger partial charge on any atom is 0.338 e. The maximum absolute atomic E-state index is 12.5. The van der Waals surface area contributed by atoms with Gasteiger partial charge in [0, 0.05) is 5.02 Å². The Bertz CT molecular complexity index is 1100. The van der Waals surface area contributed by atoms with Crippen LogP contribution in [0, 0.1) is 0 Å². The molecule has 31 heavy (non-hydrogen) atoms. The normalized spacial score (nSPS) is 12.2. The lowest BCUT2D eigenvalue weighted by Gasteiger charge is -2.21. The fourth-order valence-corrected chi connectivity index (χ4v) is 3.10. The molecule has 0 saturated carbocycles. The number of aromatic nitrogens is 3. The average Bonchev–Trinajstić information content (AvgIpc) is 3.31. The number of methoxy groups -OCH3 is 1.